The molecule has 94 valence electrons. The van der Waals surface area contributed by atoms with Crippen molar-refractivity contribution in [2.75, 3.05) is 19.7 Å². The Morgan fingerprint density at radius 3 is 2.82 bits per heavy atom. The maximum Gasteiger partial charge on any atom is 0.0446 e. The van der Waals surface area contributed by atoms with Gasteiger partial charge in [-0.05, 0) is 18.9 Å². The number of piperazine rings is 1. The van der Waals surface area contributed by atoms with Gasteiger partial charge in [-0.15, -0.1) is 0 Å². The predicted octanol–water partition coefficient (Wildman–Crippen LogP) is 1.23. The normalized spacial score (nSPS) is 26.0. The topological polar surface area (TPSA) is 35.5 Å². The van der Waals surface area contributed by atoms with Crippen LogP contribution in [0.2, 0.25) is 0 Å². The van der Waals surface area contributed by atoms with Crippen molar-refractivity contribution in [1.29, 1.82) is 0 Å². The lowest BCUT2D eigenvalue weighted by Crippen LogP contribution is -2.55. The molecule has 1 aliphatic heterocycles. The van der Waals surface area contributed by atoms with E-state index in [0.29, 0.717) is 12.1 Å². The summed E-state index contributed by atoms with van der Waals surface area (Å²) in [6.07, 6.45) is 0.854. The van der Waals surface area contributed by atoms with Crippen molar-refractivity contribution in [1.82, 2.24) is 10.2 Å². The Balaban J connectivity index is 1.99. The quantitative estimate of drug-likeness (QED) is 0.822. The molecule has 0 bridgehead atoms. The zero-order chi connectivity index (χ0) is 12.1. The molecule has 1 aromatic rings. The zero-order valence-electron chi connectivity index (χ0n) is 10.5. The van der Waals surface area contributed by atoms with Gasteiger partial charge in [0, 0.05) is 38.3 Å². The average molecular weight is 234 g/mol. The standard InChI is InChI=1S/C14H22N2O/c1-12-10-16(14(7-8-17)9-15-12)11-13-5-3-2-4-6-13/h2-6,12,14-15,17H,7-11H2,1H3. The Bertz CT molecular complexity index is 328. The van der Waals surface area contributed by atoms with Crippen LogP contribution in [-0.4, -0.2) is 41.8 Å². The fourth-order valence-corrected chi connectivity index (χ4v) is 2.48. The lowest BCUT2D eigenvalue weighted by Gasteiger charge is -2.39. The number of nitrogens with zero attached hydrogens (tertiary/aromatic N) is 1. The minimum atomic E-state index is 0.270. The van der Waals surface area contributed by atoms with Crippen LogP contribution in [0, 0.1) is 0 Å². The van der Waals surface area contributed by atoms with Gasteiger partial charge < -0.3 is 10.4 Å². The van der Waals surface area contributed by atoms with Crippen molar-refractivity contribution in [3.8, 4) is 0 Å². The van der Waals surface area contributed by atoms with Crippen LogP contribution in [0.1, 0.15) is 18.9 Å². The molecule has 1 aromatic carbocycles. The lowest BCUT2D eigenvalue weighted by molar-refractivity contribution is 0.104. The van der Waals surface area contributed by atoms with Gasteiger partial charge in [0.15, 0.2) is 0 Å². The maximum absolute atomic E-state index is 9.11. The summed E-state index contributed by atoms with van der Waals surface area (Å²) in [5.41, 5.74) is 1.35. The Morgan fingerprint density at radius 1 is 1.35 bits per heavy atom. The van der Waals surface area contributed by atoms with E-state index >= 15 is 0 Å². The molecule has 0 saturated carbocycles. The highest BCUT2D eigenvalue weighted by atomic mass is 16.3. The Kier molecular flexibility index (Phi) is 4.54. The molecule has 1 heterocycles. The minimum Gasteiger partial charge on any atom is -0.396 e. The van der Waals surface area contributed by atoms with E-state index < -0.39 is 0 Å². The van der Waals surface area contributed by atoms with Gasteiger partial charge in [-0.25, -0.2) is 0 Å². The Labute approximate surface area is 103 Å². The SMILES string of the molecule is CC1CN(Cc2ccccc2)C(CCO)CN1. The third kappa shape index (κ3) is 3.53. The second kappa shape index (κ2) is 6.15. The van der Waals surface area contributed by atoms with Gasteiger partial charge in [0.1, 0.15) is 0 Å². The number of aliphatic hydroxyl groups is 1. The molecular weight excluding hydrogens is 212 g/mol. The van der Waals surface area contributed by atoms with Gasteiger partial charge in [-0.3, -0.25) is 4.90 Å². The van der Waals surface area contributed by atoms with Gasteiger partial charge in [-0.1, -0.05) is 30.3 Å². The molecule has 2 atom stereocenters. The van der Waals surface area contributed by atoms with E-state index in [-0.39, 0.29) is 6.61 Å². The van der Waals surface area contributed by atoms with Crippen LogP contribution in [-0.2, 0) is 6.54 Å². The molecular formula is C14H22N2O. The van der Waals surface area contributed by atoms with Gasteiger partial charge >= 0.3 is 0 Å². The summed E-state index contributed by atoms with van der Waals surface area (Å²) in [6, 6.07) is 11.6. The number of hydrogen-bond donors (Lipinski definition) is 2. The Morgan fingerprint density at radius 2 is 2.12 bits per heavy atom. The molecule has 0 aliphatic carbocycles. The summed E-state index contributed by atoms with van der Waals surface area (Å²) in [7, 11) is 0. The minimum absolute atomic E-state index is 0.270. The summed E-state index contributed by atoms with van der Waals surface area (Å²) in [6.45, 7) is 5.50. The largest absolute Gasteiger partial charge is 0.396 e. The average Bonchev–Trinajstić information content (AvgIpc) is 2.34. The van der Waals surface area contributed by atoms with Crippen LogP contribution >= 0.6 is 0 Å². The number of rotatable bonds is 4. The molecule has 2 rings (SSSR count). The lowest BCUT2D eigenvalue weighted by atomic mass is 10.1. The van der Waals surface area contributed by atoms with Crippen LogP contribution in [0.25, 0.3) is 0 Å². The molecule has 1 aliphatic rings. The summed E-state index contributed by atoms with van der Waals surface area (Å²) >= 11 is 0. The highest BCUT2D eigenvalue weighted by molar-refractivity contribution is 5.14. The van der Waals surface area contributed by atoms with Gasteiger partial charge in [0.25, 0.3) is 0 Å². The third-order valence-corrected chi connectivity index (χ3v) is 3.42. The van der Waals surface area contributed by atoms with Crippen LogP contribution in [0.15, 0.2) is 30.3 Å². The van der Waals surface area contributed by atoms with E-state index in [1.165, 1.54) is 5.56 Å². The smallest absolute Gasteiger partial charge is 0.0446 e. The van der Waals surface area contributed by atoms with Crippen molar-refractivity contribution in [3.63, 3.8) is 0 Å². The fraction of sp³-hybridized carbons (Fsp3) is 0.571. The van der Waals surface area contributed by atoms with Crippen LogP contribution < -0.4 is 5.32 Å². The first-order chi connectivity index (χ1) is 8.29. The second-order valence-corrected chi connectivity index (χ2v) is 4.89. The van der Waals surface area contributed by atoms with Crippen molar-refractivity contribution >= 4 is 0 Å². The first-order valence-corrected chi connectivity index (χ1v) is 6.42. The van der Waals surface area contributed by atoms with Crippen LogP contribution in [0.4, 0.5) is 0 Å². The molecule has 0 amide bonds. The molecule has 3 heteroatoms. The number of aliphatic hydroxyl groups excluding tert-OH is 1. The highest BCUT2D eigenvalue weighted by Gasteiger charge is 2.24. The van der Waals surface area contributed by atoms with E-state index in [4.69, 9.17) is 5.11 Å². The second-order valence-electron chi connectivity index (χ2n) is 4.89. The molecule has 2 unspecified atom stereocenters. The molecule has 2 N–H and O–H groups in total. The first-order valence-electron chi connectivity index (χ1n) is 6.42. The summed E-state index contributed by atoms with van der Waals surface area (Å²) in [5, 5.41) is 12.6. The third-order valence-electron chi connectivity index (χ3n) is 3.42. The summed E-state index contributed by atoms with van der Waals surface area (Å²) in [5.74, 6) is 0. The van der Waals surface area contributed by atoms with Crippen molar-refractivity contribution in [2.24, 2.45) is 0 Å². The van der Waals surface area contributed by atoms with E-state index in [9.17, 15) is 0 Å². The van der Waals surface area contributed by atoms with Crippen LogP contribution in [0.3, 0.4) is 0 Å². The molecule has 0 aromatic heterocycles. The van der Waals surface area contributed by atoms with Gasteiger partial charge in [0.05, 0.1) is 0 Å². The fourth-order valence-electron chi connectivity index (χ4n) is 2.48. The Hall–Kier alpha value is -0.900. The van der Waals surface area contributed by atoms with E-state index in [1.54, 1.807) is 0 Å². The zero-order valence-corrected chi connectivity index (χ0v) is 10.5. The van der Waals surface area contributed by atoms with Crippen LogP contribution in [0.5, 0.6) is 0 Å². The van der Waals surface area contributed by atoms with Crippen molar-refractivity contribution in [3.05, 3.63) is 35.9 Å². The number of hydrogen-bond acceptors (Lipinski definition) is 3. The summed E-state index contributed by atoms with van der Waals surface area (Å²) in [4.78, 5) is 2.48. The van der Waals surface area contributed by atoms with E-state index in [1.807, 2.05) is 0 Å². The van der Waals surface area contributed by atoms with Gasteiger partial charge in [0.2, 0.25) is 0 Å². The monoisotopic (exact) mass is 234 g/mol. The van der Waals surface area contributed by atoms with E-state index in [2.05, 4.69) is 47.5 Å². The molecule has 0 spiro atoms. The first kappa shape index (κ1) is 12.6. The van der Waals surface area contributed by atoms with E-state index in [0.717, 1.165) is 26.1 Å². The highest BCUT2D eigenvalue weighted by Crippen LogP contribution is 2.14. The summed E-state index contributed by atoms with van der Waals surface area (Å²) < 4.78 is 0. The number of nitrogens with one attached hydrogen (secondary N) is 1. The van der Waals surface area contributed by atoms with Crippen molar-refractivity contribution < 1.29 is 5.11 Å². The molecule has 0 radical (unpaired) electrons. The molecule has 1 fully saturated rings. The van der Waals surface area contributed by atoms with Crippen molar-refractivity contribution in [2.45, 2.75) is 32.0 Å². The van der Waals surface area contributed by atoms with Gasteiger partial charge in [-0.2, -0.15) is 0 Å². The maximum atomic E-state index is 9.11. The predicted molar refractivity (Wildman–Crippen MR) is 69.8 cm³/mol. The number of benzene rings is 1. The molecule has 3 nitrogen and oxygen atoms in total. The molecule has 1 saturated heterocycles. The molecule has 17 heavy (non-hydrogen) atoms.